The van der Waals surface area contributed by atoms with Gasteiger partial charge < -0.3 is 0 Å². The minimum absolute atomic E-state index is 0.349. The molecule has 1 saturated heterocycles. The zero-order valence-electron chi connectivity index (χ0n) is 8.73. The summed E-state index contributed by atoms with van der Waals surface area (Å²) in [6.45, 7) is 2.21. The van der Waals surface area contributed by atoms with Gasteiger partial charge in [0.15, 0.2) is 0 Å². The van der Waals surface area contributed by atoms with Crippen molar-refractivity contribution in [1.82, 2.24) is 5.32 Å². The standard InChI is InChI=1S/C12H14N2S/c1-9-5-6-15-12(14-9)11-4-2-3-10(7-11)8-13/h2-4,7,9,12,14H,5-6H2,1H3. The number of hydrogen-bond acceptors (Lipinski definition) is 3. The number of nitriles is 1. The zero-order valence-corrected chi connectivity index (χ0v) is 9.55. The van der Waals surface area contributed by atoms with E-state index in [1.54, 1.807) is 0 Å². The first-order valence-corrected chi connectivity index (χ1v) is 6.22. The van der Waals surface area contributed by atoms with E-state index < -0.39 is 0 Å². The minimum Gasteiger partial charge on any atom is -0.299 e. The number of thioether (sulfide) groups is 1. The molecule has 1 aliphatic rings. The smallest absolute Gasteiger partial charge is 0.0991 e. The Morgan fingerprint density at radius 3 is 3.13 bits per heavy atom. The first-order valence-electron chi connectivity index (χ1n) is 5.17. The Hall–Kier alpha value is -0.980. The maximum atomic E-state index is 8.84. The second-order valence-corrected chi connectivity index (χ2v) is 5.06. The second-order valence-electron chi connectivity index (χ2n) is 3.84. The normalized spacial score (nSPS) is 25.9. The molecule has 78 valence electrons. The lowest BCUT2D eigenvalue weighted by Gasteiger charge is -2.28. The van der Waals surface area contributed by atoms with E-state index in [1.807, 2.05) is 30.0 Å². The Morgan fingerprint density at radius 1 is 1.53 bits per heavy atom. The van der Waals surface area contributed by atoms with E-state index in [0.717, 1.165) is 5.56 Å². The number of benzene rings is 1. The molecule has 15 heavy (non-hydrogen) atoms. The largest absolute Gasteiger partial charge is 0.299 e. The zero-order chi connectivity index (χ0) is 10.7. The molecule has 0 saturated carbocycles. The molecule has 2 rings (SSSR count). The predicted molar refractivity (Wildman–Crippen MR) is 63.6 cm³/mol. The average molecular weight is 218 g/mol. The molecule has 1 aliphatic heterocycles. The number of nitrogens with zero attached hydrogens (tertiary/aromatic N) is 1. The van der Waals surface area contributed by atoms with Crippen molar-refractivity contribution >= 4 is 11.8 Å². The van der Waals surface area contributed by atoms with Gasteiger partial charge in [0.05, 0.1) is 17.0 Å². The van der Waals surface area contributed by atoms with Gasteiger partial charge in [-0.25, -0.2) is 0 Å². The molecule has 1 aromatic rings. The van der Waals surface area contributed by atoms with Crippen molar-refractivity contribution < 1.29 is 0 Å². The van der Waals surface area contributed by atoms with Crippen LogP contribution >= 0.6 is 11.8 Å². The van der Waals surface area contributed by atoms with Gasteiger partial charge in [0.25, 0.3) is 0 Å². The van der Waals surface area contributed by atoms with E-state index in [9.17, 15) is 0 Å². The maximum absolute atomic E-state index is 8.84. The fraction of sp³-hybridized carbons (Fsp3) is 0.417. The highest BCUT2D eigenvalue weighted by atomic mass is 32.2. The van der Waals surface area contributed by atoms with Gasteiger partial charge in [-0.2, -0.15) is 5.26 Å². The third-order valence-corrected chi connectivity index (χ3v) is 3.80. The van der Waals surface area contributed by atoms with E-state index >= 15 is 0 Å². The van der Waals surface area contributed by atoms with Crippen LogP contribution in [0.4, 0.5) is 0 Å². The predicted octanol–water partition coefficient (Wildman–Crippen LogP) is 2.67. The number of nitrogens with one attached hydrogen (secondary N) is 1. The minimum atomic E-state index is 0.349. The lowest BCUT2D eigenvalue weighted by Crippen LogP contribution is -2.33. The van der Waals surface area contributed by atoms with Crippen LogP contribution in [0, 0.1) is 11.3 Å². The van der Waals surface area contributed by atoms with Crippen molar-refractivity contribution in [3.63, 3.8) is 0 Å². The van der Waals surface area contributed by atoms with Gasteiger partial charge in [0.1, 0.15) is 0 Å². The molecule has 3 heteroatoms. The summed E-state index contributed by atoms with van der Waals surface area (Å²) in [5, 5.41) is 12.7. The monoisotopic (exact) mass is 218 g/mol. The SMILES string of the molecule is CC1CCSC(c2cccc(C#N)c2)N1. The van der Waals surface area contributed by atoms with Crippen LogP contribution in [0.25, 0.3) is 0 Å². The molecule has 2 nitrogen and oxygen atoms in total. The van der Waals surface area contributed by atoms with E-state index in [4.69, 9.17) is 5.26 Å². The summed E-state index contributed by atoms with van der Waals surface area (Å²) < 4.78 is 0. The van der Waals surface area contributed by atoms with Gasteiger partial charge in [-0.15, -0.1) is 11.8 Å². The van der Waals surface area contributed by atoms with Crippen molar-refractivity contribution in [2.45, 2.75) is 24.8 Å². The molecule has 0 radical (unpaired) electrons. The summed E-state index contributed by atoms with van der Waals surface area (Å²) in [7, 11) is 0. The fourth-order valence-electron chi connectivity index (χ4n) is 1.72. The van der Waals surface area contributed by atoms with Gasteiger partial charge in [-0.1, -0.05) is 12.1 Å². The molecule has 2 atom stereocenters. The number of rotatable bonds is 1. The molecule has 0 bridgehead atoms. The average Bonchev–Trinajstić information content (AvgIpc) is 2.29. The van der Waals surface area contributed by atoms with Crippen molar-refractivity contribution in [3.05, 3.63) is 35.4 Å². The van der Waals surface area contributed by atoms with Crippen LogP contribution in [-0.2, 0) is 0 Å². The van der Waals surface area contributed by atoms with Crippen LogP contribution in [-0.4, -0.2) is 11.8 Å². The molecule has 0 aliphatic carbocycles. The Kier molecular flexibility index (Phi) is 3.30. The molecular formula is C12H14N2S. The summed E-state index contributed by atoms with van der Waals surface area (Å²) in [6, 6.07) is 10.6. The van der Waals surface area contributed by atoms with Gasteiger partial charge in [0, 0.05) is 6.04 Å². The molecule has 1 aromatic carbocycles. The lowest BCUT2D eigenvalue weighted by atomic mass is 10.1. The van der Waals surface area contributed by atoms with Crippen LogP contribution in [0.3, 0.4) is 0 Å². The Bertz CT molecular complexity index is 383. The third kappa shape index (κ3) is 2.53. The first kappa shape index (κ1) is 10.5. The molecular weight excluding hydrogens is 204 g/mol. The van der Waals surface area contributed by atoms with Crippen LogP contribution in [0.15, 0.2) is 24.3 Å². The first-order chi connectivity index (χ1) is 7.29. The quantitative estimate of drug-likeness (QED) is 0.787. The van der Waals surface area contributed by atoms with Crippen LogP contribution in [0.1, 0.15) is 29.8 Å². The second kappa shape index (κ2) is 4.69. The molecule has 1 heterocycles. The Morgan fingerprint density at radius 2 is 2.40 bits per heavy atom. The van der Waals surface area contributed by atoms with Crippen LogP contribution in [0.2, 0.25) is 0 Å². The molecule has 1 N–H and O–H groups in total. The van der Waals surface area contributed by atoms with Crippen molar-refractivity contribution in [2.75, 3.05) is 5.75 Å². The van der Waals surface area contributed by atoms with Gasteiger partial charge in [-0.3, -0.25) is 5.32 Å². The molecule has 0 aromatic heterocycles. The molecule has 1 fully saturated rings. The highest BCUT2D eigenvalue weighted by Crippen LogP contribution is 2.31. The summed E-state index contributed by atoms with van der Waals surface area (Å²) in [5.74, 6) is 1.19. The highest BCUT2D eigenvalue weighted by Gasteiger charge is 2.19. The van der Waals surface area contributed by atoms with Gasteiger partial charge in [-0.05, 0) is 36.8 Å². The van der Waals surface area contributed by atoms with E-state index in [0.29, 0.717) is 11.4 Å². The number of hydrogen-bond donors (Lipinski definition) is 1. The lowest BCUT2D eigenvalue weighted by molar-refractivity contribution is 0.512. The van der Waals surface area contributed by atoms with E-state index in [2.05, 4.69) is 24.4 Å². The van der Waals surface area contributed by atoms with Crippen molar-refractivity contribution in [3.8, 4) is 6.07 Å². The molecule has 0 spiro atoms. The van der Waals surface area contributed by atoms with Crippen molar-refractivity contribution in [1.29, 1.82) is 5.26 Å². The molecule has 2 unspecified atom stereocenters. The van der Waals surface area contributed by atoms with Crippen LogP contribution < -0.4 is 5.32 Å². The van der Waals surface area contributed by atoms with Crippen LogP contribution in [0.5, 0.6) is 0 Å². The fourth-order valence-corrected chi connectivity index (χ4v) is 3.11. The maximum Gasteiger partial charge on any atom is 0.0991 e. The van der Waals surface area contributed by atoms with Gasteiger partial charge in [0.2, 0.25) is 0 Å². The highest BCUT2D eigenvalue weighted by molar-refractivity contribution is 7.99. The Labute approximate surface area is 94.7 Å². The molecule has 0 amide bonds. The third-order valence-electron chi connectivity index (χ3n) is 2.59. The van der Waals surface area contributed by atoms with Crippen molar-refractivity contribution in [2.24, 2.45) is 0 Å². The summed E-state index contributed by atoms with van der Waals surface area (Å²) in [4.78, 5) is 0. The summed E-state index contributed by atoms with van der Waals surface area (Å²) >= 11 is 1.92. The summed E-state index contributed by atoms with van der Waals surface area (Å²) in [6.07, 6.45) is 1.22. The Balaban J connectivity index is 2.18. The topological polar surface area (TPSA) is 35.8 Å². The van der Waals surface area contributed by atoms with E-state index in [1.165, 1.54) is 17.7 Å². The summed E-state index contributed by atoms with van der Waals surface area (Å²) in [5.41, 5.74) is 1.96. The van der Waals surface area contributed by atoms with Gasteiger partial charge >= 0.3 is 0 Å². The van der Waals surface area contributed by atoms with E-state index in [-0.39, 0.29) is 0 Å².